The van der Waals surface area contributed by atoms with Gasteiger partial charge in [0.05, 0.1) is 12.7 Å². The number of amides is 1. The van der Waals surface area contributed by atoms with Gasteiger partial charge in [-0.3, -0.25) is 4.79 Å². The molecule has 1 atom stereocenters. The lowest BCUT2D eigenvalue weighted by Crippen LogP contribution is -2.35. The Hall–Kier alpha value is -2.17. The maximum Gasteiger partial charge on any atom is 0.224 e. The number of carbonyl (C=O) groups is 1. The van der Waals surface area contributed by atoms with E-state index < -0.39 is 0 Å². The summed E-state index contributed by atoms with van der Waals surface area (Å²) < 4.78 is 5.81. The molecule has 126 valence electrons. The lowest BCUT2D eigenvalue weighted by Gasteiger charge is -2.30. The van der Waals surface area contributed by atoms with E-state index in [-0.39, 0.29) is 12.0 Å². The Kier molecular flexibility index (Phi) is 5.62. The third-order valence-electron chi connectivity index (χ3n) is 4.32. The van der Waals surface area contributed by atoms with Crippen molar-refractivity contribution in [2.24, 2.45) is 0 Å². The molecule has 2 aromatic rings. The molecule has 4 heteroatoms. The second-order valence-electron chi connectivity index (χ2n) is 6.28. The van der Waals surface area contributed by atoms with Crippen LogP contribution in [0.1, 0.15) is 23.7 Å². The fourth-order valence-corrected chi connectivity index (χ4v) is 2.89. The minimum Gasteiger partial charge on any atom is -0.371 e. The van der Waals surface area contributed by atoms with Gasteiger partial charge in [-0.05, 0) is 36.7 Å². The quantitative estimate of drug-likeness (QED) is 0.918. The molecule has 2 aromatic carbocycles. The van der Waals surface area contributed by atoms with Gasteiger partial charge >= 0.3 is 0 Å². The van der Waals surface area contributed by atoms with Crippen molar-refractivity contribution in [1.29, 1.82) is 0 Å². The van der Waals surface area contributed by atoms with E-state index in [0.717, 1.165) is 37.4 Å². The highest BCUT2D eigenvalue weighted by molar-refractivity contribution is 5.90. The minimum atomic E-state index is 0.0419. The van der Waals surface area contributed by atoms with Crippen LogP contribution >= 0.6 is 0 Å². The Bertz CT molecular complexity index is 655. The average Bonchev–Trinajstić information content (AvgIpc) is 2.61. The van der Waals surface area contributed by atoms with Crippen LogP contribution in [-0.4, -0.2) is 37.6 Å². The SMILES string of the molecule is CN1CCOC(c2ccc(NC(=O)CCc3ccccc3)cc2)C1. The molecule has 1 heterocycles. The number of benzene rings is 2. The molecular formula is C20H24N2O2. The molecule has 1 aliphatic heterocycles. The van der Waals surface area contributed by atoms with Gasteiger partial charge in [-0.2, -0.15) is 0 Å². The van der Waals surface area contributed by atoms with Gasteiger partial charge in [-0.15, -0.1) is 0 Å². The lowest BCUT2D eigenvalue weighted by atomic mass is 10.1. The molecule has 24 heavy (non-hydrogen) atoms. The van der Waals surface area contributed by atoms with Gasteiger partial charge in [0.2, 0.25) is 5.91 Å². The van der Waals surface area contributed by atoms with E-state index >= 15 is 0 Å². The summed E-state index contributed by atoms with van der Waals surface area (Å²) in [5.41, 5.74) is 3.17. The van der Waals surface area contributed by atoms with E-state index in [1.807, 2.05) is 54.6 Å². The van der Waals surface area contributed by atoms with Crippen LogP contribution in [0.4, 0.5) is 5.69 Å². The predicted molar refractivity (Wildman–Crippen MR) is 96.0 cm³/mol. The van der Waals surface area contributed by atoms with Crippen LogP contribution in [0.2, 0.25) is 0 Å². The smallest absolute Gasteiger partial charge is 0.224 e. The number of hydrogen-bond acceptors (Lipinski definition) is 3. The van der Waals surface area contributed by atoms with Gasteiger partial charge < -0.3 is 15.0 Å². The monoisotopic (exact) mass is 324 g/mol. The summed E-state index contributed by atoms with van der Waals surface area (Å²) in [4.78, 5) is 14.3. The molecule has 0 aliphatic carbocycles. The Labute approximate surface area is 143 Å². The summed E-state index contributed by atoms with van der Waals surface area (Å²) in [6.45, 7) is 2.65. The summed E-state index contributed by atoms with van der Waals surface area (Å²) in [6.07, 6.45) is 1.36. The van der Waals surface area contributed by atoms with Crippen molar-refractivity contribution in [2.45, 2.75) is 18.9 Å². The van der Waals surface area contributed by atoms with Crippen molar-refractivity contribution in [3.63, 3.8) is 0 Å². The number of hydrogen-bond donors (Lipinski definition) is 1. The third-order valence-corrected chi connectivity index (χ3v) is 4.32. The Balaban J connectivity index is 1.51. The van der Waals surface area contributed by atoms with E-state index in [1.54, 1.807) is 0 Å². The third kappa shape index (κ3) is 4.66. The normalized spacial score (nSPS) is 18.3. The molecule has 4 nitrogen and oxygen atoms in total. The highest BCUT2D eigenvalue weighted by Gasteiger charge is 2.19. The molecule has 1 unspecified atom stereocenters. The summed E-state index contributed by atoms with van der Waals surface area (Å²) in [6, 6.07) is 18.0. The number of carbonyl (C=O) groups excluding carboxylic acids is 1. The summed E-state index contributed by atoms with van der Waals surface area (Å²) in [5.74, 6) is 0.0419. The molecule has 1 amide bonds. The molecule has 0 spiro atoms. The number of anilines is 1. The van der Waals surface area contributed by atoms with Crippen LogP contribution in [-0.2, 0) is 16.0 Å². The van der Waals surface area contributed by atoms with Gasteiger partial charge in [0, 0.05) is 25.2 Å². The number of nitrogens with zero attached hydrogens (tertiary/aromatic N) is 1. The number of ether oxygens (including phenoxy) is 1. The number of nitrogens with one attached hydrogen (secondary N) is 1. The van der Waals surface area contributed by atoms with E-state index in [0.29, 0.717) is 6.42 Å². The maximum atomic E-state index is 12.1. The van der Waals surface area contributed by atoms with E-state index in [2.05, 4.69) is 17.3 Å². The van der Waals surface area contributed by atoms with E-state index in [1.165, 1.54) is 5.56 Å². The first-order valence-corrected chi connectivity index (χ1v) is 8.44. The average molecular weight is 324 g/mol. The molecule has 1 aliphatic rings. The summed E-state index contributed by atoms with van der Waals surface area (Å²) >= 11 is 0. The Morgan fingerprint density at radius 2 is 1.92 bits per heavy atom. The predicted octanol–water partition coefficient (Wildman–Crippen LogP) is 3.26. The van der Waals surface area contributed by atoms with Gasteiger partial charge in [0.25, 0.3) is 0 Å². The second kappa shape index (κ2) is 8.08. The molecule has 1 fully saturated rings. The number of aryl methyl sites for hydroxylation is 1. The molecule has 1 N–H and O–H groups in total. The zero-order chi connectivity index (χ0) is 16.8. The Morgan fingerprint density at radius 3 is 2.62 bits per heavy atom. The van der Waals surface area contributed by atoms with Crippen LogP contribution in [0.15, 0.2) is 54.6 Å². The number of likely N-dealkylation sites (N-methyl/N-ethyl adjacent to an activating group) is 1. The van der Waals surface area contributed by atoms with E-state index in [9.17, 15) is 4.79 Å². The zero-order valence-electron chi connectivity index (χ0n) is 14.1. The lowest BCUT2D eigenvalue weighted by molar-refractivity contribution is -0.116. The van der Waals surface area contributed by atoms with Crippen LogP contribution in [0.25, 0.3) is 0 Å². The second-order valence-corrected chi connectivity index (χ2v) is 6.28. The molecule has 0 radical (unpaired) electrons. The van der Waals surface area contributed by atoms with Crippen LogP contribution in [0, 0.1) is 0 Å². The van der Waals surface area contributed by atoms with Crippen molar-refractivity contribution in [3.05, 3.63) is 65.7 Å². The molecule has 0 bridgehead atoms. The number of morpholine rings is 1. The molecule has 0 aromatic heterocycles. The summed E-state index contributed by atoms with van der Waals surface area (Å²) in [7, 11) is 2.11. The molecular weight excluding hydrogens is 300 g/mol. The van der Waals surface area contributed by atoms with Gasteiger partial charge in [-0.1, -0.05) is 42.5 Å². The first-order valence-electron chi connectivity index (χ1n) is 8.44. The van der Waals surface area contributed by atoms with Gasteiger partial charge in [-0.25, -0.2) is 0 Å². The zero-order valence-corrected chi connectivity index (χ0v) is 14.1. The first-order chi connectivity index (χ1) is 11.7. The maximum absolute atomic E-state index is 12.1. The van der Waals surface area contributed by atoms with Crippen molar-refractivity contribution in [2.75, 3.05) is 32.1 Å². The van der Waals surface area contributed by atoms with Crippen LogP contribution in [0.5, 0.6) is 0 Å². The largest absolute Gasteiger partial charge is 0.371 e. The topological polar surface area (TPSA) is 41.6 Å². The highest BCUT2D eigenvalue weighted by Crippen LogP contribution is 2.23. The van der Waals surface area contributed by atoms with Gasteiger partial charge in [0.1, 0.15) is 0 Å². The first kappa shape index (κ1) is 16.7. The number of rotatable bonds is 5. The fourth-order valence-electron chi connectivity index (χ4n) is 2.89. The van der Waals surface area contributed by atoms with Crippen molar-refractivity contribution in [1.82, 2.24) is 4.90 Å². The fraction of sp³-hybridized carbons (Fsp3) is 0.350. The van der Waals surface area contributed by atoms with Crippen LogP contribution in [0.3, 0.4) is 0 Å². The molecule has 1 saturated heterocycles. The van der Waals surface area contributed by atoms with E-state index in [4.69, 9.17) is 4.74 Å². The summed E-state index contributed by atoms with van der Waals surface area (Å²) in [5, 5.41) is 2.96. The molecule has 3 rings (SSSR count). The highest BCUT2D eigenvalue weighted by atomic mass is 16.5. The van der Waals surface area contributed by atoms with Crippen molar-refractivity contribution >= 4 is 11.6 Å². The van der Waals surface area contributed by atoms with Crippen molar-refractivity contribution < 1.29 is 9.53 Å². The Morgan fingerprint density at radius 1 is 1.17 bits per heavy atom. The van der Waals surface area contributed by atoms with Crippen LogP contribution < -0.4 is 5.32 Å². The molecule has 0 saturated carbocycles. The van der Waals surface area contributed by atoms with Gasteiger partial charge in [0.15, 0.2) is 0 Å². The minimum absolute atomic E-state index is 0.0419. The standard InChI is InChI=1S/C20H24N2O2/c1-22-13-14-24-19(15-22)17-8-10-18(11-9-17)21-20(23)12-7-16-5-3-2-4-6-16/h2-6,8-11,19H,7,12-15H2,1H3,(H,21,23). The van der Waals surface area contributed by atoms with Crippen molar-refractivity contribution in [3.8, 4) is 0 Å².